The summed E-state index contributed by atoms with van der Waals surface area (Å²) in [6, 6.07) is 58.2. The second-order valence-electron chi connectivity index (χ2n) is 17.6. The number of hydrogen-bond acceptors (Lipinski definition) is 5. The van der Waals surface area contributed by atoms with Gasteiger partial charge in [-0.2, -0.15) is 10.5 Å². The first-order valence-electron chi connectivity index (χ1n) is 20.6. The molecule has 0 spiro atoms. The molecule has 9 aromatic rings. The molecule has 0 saturated heterocycles. The molecule has 61 heavy (non-hydrogen) atoms. The van der Waals surface area contributed by atoms with Crippen molar-refractivity contribution in [1.82, 2.24) is 19.5 Å². The minimum Gasteiger partial charge on any atom is -0.308 e. The highest BCUT2D eigenvalue weighted by Gasteiger charge is 2.26. The first kappa shape index (κ1) is 38.8. The number of aromatic nitrogens is 4. The molecule has 2 heterocycles. The Bertz CT molecular complexity index is 3020. The maximum Gasteiger partial charge on any atom is 0.164 e. The molecular weight excluding hydrogens is 745 g/mol. The highest BCUT2D eigenvalue weighted by atomic mass is 15.0. The van der Waals surface area contributed by atoms with Gasteiger partial charge >= 0.3 is 0 Å². The lowest BCUT2D eigenvalue weighted by Crippen LogP contribution is -2.10. The average molecular weight is 789 g/mol. The lowest BCUT2D eigenvalue weighted by Gasteiger charge is -2.22. The monoisotopic (exact) mass is 788 g/mol. The molecule has 0 N–H and O–H groups in total. The van der Waals surface area contributed by atoms with Crippen molar-refractivity contribution in [2.75, 3.05) is 0 Å². The first-order chi connectivity index (χ1) is 29.4. The van der Waals surface area contributed by atoms with E-state index < -0.39 is 0 Å². The molecular formula is C55H44N6. The summed E-state index contributed by atoms with van der Waals surface area (Å²) < 4.78 is 2.37. The van der Waals surface area contributed by atoms with E-state index in [1.54, 1.807) is 0 Å². The van der Waals surface area contributed by atoms with Crippen LogP contribution in [0.2, 0.25) is 0 Å². The van der Waals surface area contributed by atoms with Crippen molar-refractivity contribution in [3.63, 3.8) is 0 Å². The Balaban J connectivity index is 1.45. The second-order valence-corrected chi connectivity index (χ2v) is 17.6. The Kier molecular flexibility index (Phi) is 9.66. The van der Waals surface area contributed by atoms with E-state index in [4.69, 9.17) is 15.0 Å². The van der Waals surface area contributed by atoms with Crippen LogP contribution in [0.4, 0.5) is 0 Å². The van der Waals surface area contributed by atoms with Crippen LogP contribution in [0.5, 0.6) is 0 Å². The summed E-state index contributed by atoms with van der Waals surface area (Å²) in [7, 11) is 0. The number of benzene rings is 7. The van der Waals surface area contributed by atoms with Crippen molar-refractivity contribution in [2.45, 2.75) is 52.4 Å². The van der Waals surface area contributed by atoms with Crippen molar-refractivity contribution >= 4 is 21.8 Å². The van der Waals surface area contributed by atoms with Gasteiger partial charge in [0.05, 0.1) is 40.0 Å². The molecule has 7 aromatic carbocycles. The number of rotatable bonds is 6. The SMILES string of the molecule is CC(C)(C)c1ccc2c(c1)c1cc(C(C)(C)C)ccc1n2-c1c(-c2cccc(C#N)c2)cc(-c2nc(-c3ccccc3)nc(-c3ccccc3)n2)cc1-c1cccc(C#N)c1. The van der Waals surface area contributed by atoms with Gasteiger partial charge in [0.15, 0.2) is 17.5 Å². The fraction of sp³-hybridized carbons (Fsp3) is 0.145. The zero-order chi connectivity index (χ0) is 42.5. The maximum atomic E-state index is 10.2. The van der Waals surface area contributed by atoms with Gasteiger partial charge in [-0.05, 0) is 93.7 Å². The summed E-state index contributed by atoms with van der Waals surface area (Å²) >= 11 is 0. The molecule has 2 aromatic heterocycles. The lowest BCUT2D eigenvalue weighted by molar-refractivity contribution is 0.590. The van der Waals surface area contributed by atoms with Crippen molar-refractivity contribution in [3.05, 3.63) is 180 Å². The molecule has 0 aliphatic rings. The standard InChI is InChI=1S/C55H44N6/c1-54(2,3)42-23-25-48-46(31-42)47-32-43(55(4,5)6)24-26-49(47)61(48)50-44(39-21-13-15-35(27-39)33-56)29-41(30-45(50)40-22-14-16-36(28-40)34-57)53-59-51(37-17-9-7-10-18-37)58-52(60-53)38-19-11-8-12-20-38/h7-32H,1-6H3. The van der Waals surface area contributed by atoms with Gasteiger partial charge in [0.2, 0.25) is 0 Å². The summed E-state index contributed by atoms with van der Waals surface area (Å²) in [6.45, 7) is 13.5. The van der Waals surface area contributed by atoms with E-state index in [0.29, 0.717) is 28.6 Å². The van der Waals surface area contributed by atoms with E-state index in [1.165, 1.54) is 11.1 Å². The molecule has 0 aliphatic carbocycles. The molecule has 0 unspecified atom stereocenters. The first-order valence-corrected chi connectivity index (χ1v) is 20.6. The van der Waals surface area contributed by atoms with E-state index in [1.807, 2.05) is 97.1 Å². The highest BCUT2D eigenvalue weighted by molar-refractivity contribution is 6.11. The van der Waals surface area contributed by atoms with E-state index in [9.17, 15) is 10.5 Å². The van der Waals surface area contributed by atoms with E-state index in [2.05, 4.69) is 119 Å². The molecule has 0 aliphatic heterocycles. The Morgan fingerprint density at radius 2 is 0.803 bits per heavy atom. The normalized spacial score (nSPS) is 11.7. The van der Waals surface area contributed by atoms with Crippen LogP contribution >= 0.6 is 0 Å². The van der Waals surface area contributed by atoms with Crippen LogP contribution in [0, 0.1) is 22.7 Å². The molecule has 0 bridgehead atoms. The molecule has 0 radical (unpaired) electrons. The number of nitriles is 2. The molecule has 0 amide bonds. The number of hydrogen-bond donors (Lipinski definition) is 0. The van der Waals surface area contributed by atoms with Crippen LogP contribution in [-0.4, -0.2) is 19.5 Å². The molecule has 9 rings (SSSR count). The lowest BCUT2D eigenvalue weighted by atomic mass is 9.85. The van der Waals surface area contributed by atoms with E-state index >= 15 is 0 Å². The zero-order valence-corrected chi connectivity index (χ0v) is 35.2. The maximum absolute atomic E-state index is 10.2. The highest BCUT2D eigenvalue weighted by Crippen LogP contribution is 2.45. The summed E-state index contributed by atoms with van der Waals surface area (Å²) in [6.07, 6.45) is 0. The summed E-state index contributed by atoms with van der Waals surface area (Å²) in [5.74, 6) is 1.61. The van der Waals surface area contributed by atoms with Gasteiger partial charge in [0.1, 0.15) is 0 Å². The Hall–Kier alpha value is -7.67. The minimum atomic E-state index is -0.0700. The summed E-state index contributed by atoms with van der Waals surface area (Å²) in [5, 5.41) is 22.7. The third-order valence-electron chi connectivity index (χ3n) is 11.4. The molecule has 0 fully saturated rings. The topological polar surface area (TPSA) is 91.2 Å². The third-order valence-corrected chi connectivity index (χ3v) is 11.4. The van der Waals surface area contributed by atoms with Crippen molar-refractivity contribution in [1.29, 1.82) is 10.5 Å². The van der Waals surface area contributed by atoms with Gasteiger partial charge in [0.25, 0.3) is 0 Å². The van der Waals surface area contributed by atoms with Crippen molar-refractivity contribution < 1.29 is 0 Å². The largest absolute Gasteiger partial charge is 0.308 e. The fourth-order valence-corrected chi connectivity index (χ4v) is 8.09. The van der Waals surface area contributed by atoms with Crippen LogP contribution < -0.4 is 0 Å². The smallest absolute Gasteiger partial charge is 0.164 e. The summed E-state index contributed by atoms with van der Waals surface area (Å²) in [4.78, 5) is 15.3. The molecule has 0 atom stereocenters. The van der Waals surface area contributed by atoms with Gasteiger partial charge in [0, 0.05) is 38.6 Å². The van der Waals surface area contributed by atoms with E-state index in [0.717, 1.165) is 66.4 Å². The Labute approximate surface area is 357 Å². The quantitative estimate of drug-likeness (QED) is 0.167. The van der Waals surface area contributed by atoms with Crippen LogP contribution in [0.15, 0.2) is 158 Å². The van der Waals surface area contributed by atoms with Crippen LogP contribution in [0.1, 0.15) is 63.8 Å². The summed E-state index contributed by atoms with van der Waals surface area (Å²) in [5.41, 5.74) is 12.5. The van der Waals surface area contributed by atoms with E-state index in [-0.39, 0.29) is 10.8 Å². The Morgan fingerprint density at radius 1 is 0.410 bits per heavy atom. The molecule has 6 heteroatoms. The van der Waals surface area contributed by atoms with Crippen molar-refractivity contribution in [3.8, 4) is 74.2 Å². The third kappa shape index (κ3) is 7.35. The van der Waals surface area contributed by atoms with Crippen LogP contribution in [0.3, 0.4) is 0 Å². The van der Waals surface area contributed by atoms with Gasteiger partial charge in [-0.3, -0.25) is 0 Å². The van der Waals surface area contributed by atoms with Crippen molar-refractivity contribution in [2.24, 2.45) is 0 Å². The van der Waals surface area contributed by atoms with Gasteiger partial charge in [-0.15, -0.1) is 0 Å². The predicted octanol–water partition coefficient (Wildman–Crippen LogP) is 13.6. The van der Waals surface area contributed by atoms with Crippen LogP contribution in [-0.2, 0) is 10.8 Å². The molecule has 0 saturated carbocycles. The predicted molar refractivity (Wildman–Crippen MR) is 248 cm³/mol. The zero-order valence-electron chi connectivity index (χ0n) is 35.2. The number of nitrogens with zero attached hydrogens (tertiary/aromatic N) is 6. The van der Waals surface area contributed by atoms with Gasteiger partial charge in [-0.1, -0.05) is 139 Å². The Morgan fingerprint density at radius 3 is 1.20 bits per heavy atom. The van der Waals surface area contributed by atoms with Crippen LogP contribution in [0.25, 0.3) is 83.9 Å². The molecule has 6 nitrogen and oxygen atoms in total. The fourth-order valence-electron chi connectivity index (χ4n) is 8.09. The van der Waals surface area contributed by atoms with Gasteiger partial charge in [-0.25, -0.2) is 15.0 Å². The second kappa shape index (κ2) is 15.2. The average Bonchev–Trinajstić information content (AvgIpc) is 3.61. The minimum absolute atomic E-state index is 0.0700. The number of fused-ring (bicyclic) bond motifs is 3. The molecule has 294 valence electrons. The van der Waals surface area contributed by atoms with Gasteiger partial charge < -0.3 is 4.57 Å².